The predicted molar refractivity (Wildman–Crippen MR) is 101 cm³/mol. The molecule has 0 unspecified atom stereocenters. The zero-order chi connectivity index (χ0) is 19.0. The van der Waals surface area contributed by atoms with E-state index in [4.69, 9.17) is 4.74 Å². The number of anilines is 1. The molecule has 1 aliphatic rings. The van der Waals surface area contributed by atoms with Crippen molar-refractivity contribution in [2.45, 2.75) is 0 Å². The first-order valence-corrected chi connectivity index (χ1v) is 9.78. The lowest BCUT2D eigenvalue weighted by atomic mass is 10.1. The Morgan fingerprint density at radius 1 is 1.15 bits per heavy atom. The Morgan fingerprint density at radius 3 is 2.67 bits per heavy atom. The van der Waals surface area contributed by atoms with Gasteiger partial charge in [-0.15, -0.1) is 0 Å². The molecule has 0 aliphatic carbocycles. The lowest BCUT2D eigenvalue weighted by Crippen LogP contribution is -2.39. The summed E-state index contributed by atoms with van der Waals surface area (Å²) in [5, 5.41) is 6.03. The van der Waals surface area contributed by atoms with E-state index < -0.39 is 16.1 Å². The average Bonchev–Trinajstić information content (AvgIpc) is 3.21. The van der Waals surface area contributed by atoms with Crippen LogP contribution in [0, 0.1) is 0 Å². The van der Waals surface area contributed by atoms with Crippen molar-refractivity contribution in [3.8, 4) is 5.75 Å². The number of rotatable bonds is 4. The van der Waals surface area contributed by atoms with Crippen LogP contribution >= 0.6 is 0 Å². The van der Waals surface area contributed by atoms with Gasteiger partial charge in [-0.3, -0.25) is 9.48 Å². The number of benzene rings is 2. The van der Waals surface area contributed by atoms with E-state index in [1.54, 1.807) is 19.3 Å². The first-order chi connectivity index (χ1) is 12.9. The molecule has 4 rings (SSSR count). The number of ether oxygens (including phenoxy) is 1. The monoisotopic (exact) mass is 386 g/mol. The fourth-order valence-electron chi connectivity index (χ4n) is 3.06. The van der Waals surface area contributed by atoms with E-state index in [0.717, 1.165) is 15.1 Å². The lowest BCUT2D eigenvalue weighted by Gasteiger charge is -2.18. The summed E-state index contributed by atoms with van der Waals surface area (Å²) < 4.78 is 34.4. The number of nitrogens with zero attached hydrogens (tertiary/aromatic N) is 4. The summed E-state index contributed by atoms with van der Waals surface area (Å²) in [6.07, 6.45) is 3.05. The van der Waals surface area contributed by atoms with Gasteiger partial charge in [-0.05, 0) is 22.9 Å². The molecule has 3 aromatic rings. The van der Waals surface area contributed by atoms with Crippen LogP contribution in [0.25, 0.3) is 10.8 Å². The second kappa shape index (κ2) is 6.58. The molecule has 9 heteroatoms. The van der Waals surface area contributed by atoms with Gasteiger partial charge in [0.25, 0.3) is 5.91 Å². The Morgan fingerprint density at radius 2 is 1.93 bits per heavy atom. The van der Waals surface area contributed by atoms with E-state index in [1.807, 2.05) is 36.4 Å². The van der Waals surface area contributed by atoms with Gasteiger partial charge in [0, 0.05) is 13.2 Å². The highest BCUT2D eigenvalue weighted by molar-refractivity contribution is 7.91. The fraction of sp³-hybridized carbons (Fsp3) is 0.222. The standard InChI is InChI=1S/C18H18N4O4S/c1-20-12-16(11-19-20)21-8-9-22(27(21,24)25)18(23)13-26-17-7-6-14-4-2-3-5-15(14)10-17/h2-7,10-12H,8-9,13H2,1H3. The molecule has 8 nitrogen and oxygen atoms in total. The SMILES string of the molecule is Cn1cc(N2CCN(C(=O)COc3ccc4ccccc4c3)S2(=O)=O)cn1. The molecule has 2 aromatic carbocycles. The number of hydrogen-bond acceptors (Lipinski definition) is 5. The van der Waals surface area contributed by atoms with Crippen LogP contribution in [-0.4, -0.2) is 48.1 Å². The molecule has 0 saturated carbocycles. The largest absolute Gasteiger partial charge is 0.484 e. The number of aromatic nitrogens is 2. The van der Waals surface area contributed by atoms with Gasteiger partial charge in [0.2, 0.25) is 0 Å². The van der Waals surface area contributed by atoms with Crippen LogP contribution in [0.15, 0.2) is 54.9 Å². The summed E-state index contributed by atoms with van der Waals surface area (Å²) in [6, 6.07) is 13.3. The Hall–Kier alpha value is -3.07. The van der Waals surface area contributed by atoms with Gasteiger partial charge in [0.1, 0.15) is 5.75 Å². The minimum absolute atomic E-state index is 0.0805. The first kappa shape index (κ1) is 17.3. The van der Waals surface area contributed by atoms with Crippen LogP contribution in [0.3, 0.4) is 0 Å². The molecule has 2 heterocycles. The maximum atomic E-state index is 12.7. The molecule has 1 fully saturated rings. The molecule has 27 heavy (non-hydrogen) atoms. The first-order valence-electron chi connectivity index (χ1n) is 8.38. The van der Waals surface area contributed by atoms with Gasteiger partial charge >= 0.3 is 10.2 Å². The Balaban J connectivity index is 1.46. The van der Waals surface area contributed by atoms with Crippen molar-refractivity contribution in [1.29, 1.82) is 0 Å². The molecule has 140 valence electrons. The highest BCUT2D eigenvalue weighted by Crippen LogP contribution is 2.25. The average molecular weight is 386 g/mol. The van der Waals surface area contributed by atoms with Crippen molar-refractivity contribution < 1.29 is 17.9 Å². The molecule has 1 aliphatic heterocycles. The van der Waals surface area contributed by atoms with Crippen molar-refractivity contribution in [2.24, 2.45) is 7.05 Å². The van der Waals surface area contributed by atoms with Crippen LogP contribution in [0.2, 0.25) is 0 Å². The molecule has 0 N–H and O–H groups in total. The second-order valence-corrected chi connectivity index (χ2v) is 7.99. The number of carbonyl (C=O) groups is 1. The van der Waals surface area contributed by atoms with E-state index in [1.165, 1.54) is 15.2 Å². The Labute approximate surface area is 156 Å². The summed E-state index contributed by atoms with van der Waals surface area (Å²) >= 11 is 0. The zero-order valence-corrected chi connectivity index (χ0v) is 15.5. The summed E-state index contributed by atoms with van der Waals surface area (Å²) in [4.78, 5) is 12.5. The van der Waals surface area contributed by atoms with Crippen LogP contribution in [0.1, 0.15) is 0 Å². The van der Waals surface area contributed by atoms with Gasteiger partial charge < -0.3 is 4.74 Å². The molecule has 0 bridgehead atoms. The summed E-state index contributed by atoms with van der Waals surface area (Å²) in [7, 11) is -2.22. The third-order valence-electron chi connectivity index (χ3n) is 4.40. The maximum Gasteiger partial charge on any atom is 0.328 e. The Bertz CT molecular complexity index is 1110. The molecule has 0 radical (unpaired) electrons. The smallest absolute Gasteiger partial charge is 0.328 e. The molecule has 1 amide bonds. The molecule has 1 aromatic heterocycles. The normalized spacial score (nSPS) is 16.0. The van der Waals surface area contributed by atoms with Gasteiger partial charge in [-0.25, -0.2) is 8.61 Å². The van der Waals surface area contributed by atoms with Gasteiger partial charge in [0.15, 0.2) is 6.61 Å². The summed E-state index contributed by atoms with van der Waals surface area (Å²) in [5.41, 5.74) is 0.434. The minimum atomic E-state index is -3.92. The fourth-order valence-corrected chi connectivity index (χ4v) is 4.59. The predicted octanol–water partition coefficient (Wildman–Crippen LogP) is 1.55. The number of fused-ring (bicyclic) bond motifs is 1. The number of aryl methyl sites for hydroxylation is 1. The van der Waals surface area contributed by atoms with Crippen LogP contribution in [-0.2, 0) is 22.1 Å². The van der Waals surface area contributed by atoms with Gasteiger partial charge in [0.05, 0.1) is 25.0 Å². The summed E-state index contributed by atoms with van der Waals surface area (Å²) in [6.45, 7) is -0.0780. The highest BCUT2D eigenvalue weighted by Gasteiger charge is 2.40. The van der Waals surface area contributed by atoms with E-state index in [2.05, 4.69) is 5.10 Å². The van der Waals surface area contributed by atoms with Crippen molar-refractivity contribution in [3.05, 3.63) is 54.9 Å². The molecule has 1 saturated heterocycles. The Kier molecular flexibility index (Phi) is 4.23. The summed E-state index contributed by atoms with van der Waals surface area (Å²) in [5.74, 6) is -0.0858. The number of carbonyl (C=O) groups excluding carboxylic acids is 1. The minimum Gasteiger partial charge on any atom is -0.484 e. The quantitative estimate of drug-likeness (QED) is 0.679. The van der Waals surface area contributed by atoms with Crippen LogP contribution in [0.4, 0.5) is 5.69 Å². The van der Waals surface area contributed by atoms with E-state index in [-0.39, 0.29) is 19.7 Å². The maximum absolute atomic E-state index is 12.7. The zero-order valence-electron chi connectivity index (χ0n) is 14.6. The second-order valence-electron chi connectivity index (χ2n) is 6.22. The third kappa shape index (κ3) is 3.21. The third-order valence-corrected chi connectivity index (χ3v) is 6.30. The van der Waals surface area contributed by atoms with Crippen LogP contribution in [0.5, 0.6) is 5.75 Å². The van der Waals surface area contributed by atoms with Crippen molar-refractivity contribution in [2.75, 3.05) is 24.0 Å². The topological polar surface area (TPSA) is 84.7 Å². The molecular formula is C18H18N4O4S. The van der Waals surface area contributed by atoms with E-state index in [0.29, 0.717) is 11.4 Å². The van der Waals surface area contributed by atoms with Crippen LogP contribution < -0.4 is 9.04 Å². The highest BCUT2D eigenvalue weighted by atomic mass is 32.2. The lowest BCUT2D eigenvalue weighted by molar-refractivity contribution is -0.128. The molecular weight excluding hydrogens is 368 g/mol. The van der Waals surface area contributed by atoms with Crippen molar-refractivity contribution >= 4 is 32.6 Å². The molecule has 0 spiro atoms. The van der Waals surface area contributed by atoms with Gasteiger partial charge in [-0.1, -0.05) is 30.3 Å². The van der Waals surface area contributed by atoms with E-state index in [9.17, 15) is 13.2 Å². The number of amides is 1. The van der Waals surface area contributed by atoms with Gasteiger partial charge in [-0.2, -0.15) is 13.5 Å². The number of hydrogen-bond donors (Lipinski definition) is 0. The van der Waals surface area contributed by atoms with Crippen molar-refractivity contribution in [1.82, 2.24) is 14.1 Å². The molecule has 0 atom stereocenters. The van der Waals surface area contributed by atoms with Crippen molar-refractivity contribution in [3.63, 3.8) is 0 Å². The van der Waals surface area contributed by atoms with E-state index >= 15 is 0 Å².